The molecule has 0 saturated carbocycles. The molecule has 2 aromatic heterocycles. The number of rotatable bonds is 3. The Labute approximate surface area is 111 Å². The first kappa shape index (κ1) is 11.5. The molecule has 1 aromatic carbocycles. The van der Waals surface area contributed by atoms with Crippen LogP contribution < -0.4 is 0 Å². The summed E-state index contributed by atoms with van der Waals surface area (Å²) in [5, 5.41) is 10.1. The molecular weight excluding hydrogens is 236 g/mol. The van der Waals surface area contributed by atoms with Crippen molar-refractivity contribution in [1.82, 2.24) is 14.1 Å². The summed E-state index contributed by atoms with van der Waals surface area (Å²) in [5.74, 6) is 1.03. The van der Waals surface area contributed by atoms with Crippen LogP contribution in [0.2, 0.25) is 0 Å². The molecule has 0 amide bonds. The van der Waals surface area contributed by atoms with Gasteiger partial charge in [0.15, 0.2) is 0 Å². The van der Waals surface area contributed by atoms with Gasteiger partial charge in [0.05, 0.1) is 18.2 Å². The van der Waals surface area contributed by atoms with Gasteiger partial charge in [0.25, 0.3) is 0 Å². The van der Waals surface area contributed by atoms with Crippen LogP contribution in [0.3, 0.4) is 0 Å². The Morgan fingerprint density at radius 1 is 1.21 bits per heavy atom. The first-order chi connectivity index (χ1) is 9.33. The summed E-state index contributed by atoms with van der Waals surface area (Å²) in [5.41, 5.74) is 1.79. The number of nitrogens with zero attached hydrogens (tertiary/aromatic N) is 4. The summed E-state index contributed by atoms with van der Waals surface area (Å²) in [6, 6.07) is 10.0. The van der Waals surface area contributed by atoms with Crippen molar-refractivity contribution >= 4 is 10.9 Å². The SMILES string of the molecule is CCn1ccnc1Cn1ccc2c(C#N)cccc21. The lowest BCUT2D eigenvalue weighted by molar-refractivity contribution is 0.662. The van der Waals surface area contributed by atoms with Crippen LogP contribution in [0.25, 0.3) is 10.9 Å². The average Bonchev–Trinajstić information content (AvgIpc) is 3.06. The minimum absolute atomic E-state index is 0.718. The van der Waals surface area contributed by atoms with Crippen LogP contribution in [-0.2, 0) is 13.1 Å². The van der Waals surface area contributed by atoms with Gasteiger partial charge in [-0.15, -0.1) is 0 Å². The Hall–Kier alpha value is -2.54. The lowest BCUT2D eigenvalue weighted by atomic mass is 10.1. The molecule has 0 bridgehead atoms. The first-order valence-electron chi connectivity index (χ1n) is 6.31. The van der Waals surface area contributed by atoms with Crippen molar-refractivity contribution in [3.63, 3.8) is 0 Å². The van der Waals surface area contributed by atoms with Gasteiger partial charge in [0.1, 0.15) is 5.82 Å². The summed E-state index contributed by atoms with van der Waals surface area (Å²) < 4.78 is 4.25. The van der Waals surface area contributed by atoms with Gasteiger partial charge < -0.3 is 9.13 Å². The predicted molar refractivity (Wildman–Crippen MR) is 73.7 cm³/mol. The Morgan fingerprint density at radius 3 is 2.89 bits per heavy atom. The monoisotopic (exact) mass is 250 g/mol. The molecule has 19 heavy (non-hydrogen) atoms. The molecule has 4 heteroatoms. The Bertz CT molecular complexity index is 758. The number of hydrogen-bond acceptors (Lipinski definition) is 2. The largest absolute Gasteiger partial charge is 0.340 e. The molecule has 0 aliphatic carbocycles. The third-order valence-corrected chi connectivity index (χ3v) is 3.39. The molecule has 94 valence electrons. The molecule has 3 aromatic rings. The van der Waals surface area contributed by atoms with E-state index in [4.69, 9.17) is 5.26 Å². The van der Waals surface area contributed by atoms with Crippen molar-refractivity contribution in [3.8, 4) is 6.07 Å². The zero-order chi connectivity index (χ0) is 13.2. The molecular formula is C15H14N4. The number of aromatic nitrogens is 3. The molecule has 4 nitrogen and oxygen atoms in total. The van der Waals surface area contributed by atoms with E-state index in [0.29, 0.717) is 0 Å². The topological polar surface area (TPSA) is 46.5 Å². The van der Waals surface area contributed by atoms with E-state index in [2.05, 4.69) is 27.1 Å². The van der Waals surface area contributed by atoms with Gasteiger partial charge in [-0.3, -0.25) is 0 Å². The van der Waals surface area contributed by atoms with Crippen molar-refractivity contribution < 1.29 is 0 Å². The van der Waals surface area contributed by atoms with Crippen molar-refractivity contribution in [1.29, 1.82) is 5.26 Å². The summed E-state index contributed by atoms with van der Waals surface area (Å²) in [4.78, 5) is 4.39. The van der Waals surface area contributed by atoms with Crippen LogP contribution in [0.15, 0.2) is 42.9 Å². The molecule has 0 fully saturated rings. The van der Waals surface area contributed by atoms with Crippen LogP contribution in [0.1, 0.15) is 18.3 Å². The van der Waals surface area contributed by atoms with Crippen LogP contribution in [-0.4, -0.2) is 14.1 Å². The zero-order valence-electron chi connectivity index (χ0n) is 10.7. The fraction of sp³-hybridized carbons (Fsp3) is 0.200. The van der Waals surface area contributed by atoms with E-state index in [1.54, 1.807) is 0 Å². The van der Waals surface area contributed by atoms with E-state index >= 15 is 0 Å². The zero-order valence-corrected chi connectivity index (χ0v) is 10.7. The van der Waals surface area contributed by atoms with E-state index in [-0.39, 0.29) is 0 Å². The van der Waals surface area contributed by atoms with E-state index < -0.39 is 0 Å². The van der Waals surface area contributed by atoms with E-state index in [1.165, 1.54) is 0 Å². The molecule has 0 unspecified atom stereocenters. The molecule has 3 rings (SSSR count). The summed E-state index contributed by atoms with van der Waals surface area (Å²) in [7, 11) is 0. The van der Waals surface area contributed by atoms with E-state index in [9.17, 15) is 0 Å². The number of benzene rings is 1. The van der Waals surface area contributed by atoms with Gasteiger partial charge in [0.2, 0.25) is 0 Å². The molecule has 0 aliphatic rings. The van der Waals surface area contributed by atoms with Gasteiger partial charge in [-0.1, -0.05) is 6.07 Å². The molecule has 0 saturated heterocycles. The Balaban J connectivity index is 2.05. The molecule has 2 heterocycles. The molecule has 0 atom stereocenters. The molecule has 0 N–H and O–H groups in total. The van der Waals surface area contributed by atoms with Gasteiger partial charge in [0, 0.05) is 36.0 Å². The van der Waals surface area contributed by atoms with E-state index in [0.717, 1.165) is 35.4 Å². The number of fused-ring (bicyclic) bond motifs is 1. The molecule has 0 radical (unpaired) electrons. The smallest absolute Gasteiger partial charge is 0.128 e. The normalized spacial score (nSPS) is 10.7. The maximum absolute atomic E-state index is 9.11. The van der Waals surface area contributed by atoms with Crippen molar-refractivity contribution in [2.24, 2.45) is 0 Å². The van der Waals surface area contributed by atoms with Gasteiger partial charge in [-0.2, -0.15) is 5.26 Å². The quantitative estimate of drug-likeness (QED) is 0.717. The lowest BCUT2D eigenvalue weighted by Crippen LogP contribution is -2.06. The van der Waals surface area contributed by atoms with Gasteiger partial charge >= 0.3 is 0 Å². The second kappa shape index (κ2) is 4.62. The number of hydrogen-bond donors (Lipinski definition) is 0. The Morgan fingerprint density at radius 2 is 2.11 bits per heavy atom. The van der Waals surface area contributed by atoms with Gasteiger partial charge in [-0.25, -0.2) is 4.98 Å². The summed E-state index contributed by atoms with van der Waals surface area (Å²) in [6.45, 7) is 3.74. The number of aryl methyl sites for hydroxylation is 1. The second-order valence-electron chi connectivity index (χ2n) is 4.42. The van der Waals surface area contributed by atoms with E-state index in [1.807, 2.05) is 42.9 Å². The number of imidazole rings is 1. The number of nitriles is 1. The molecule has 0 spiro atoms. The van der Waals surface area contributed by atoms with Crippen molar-refractivity contribution in [2.45, 2.75) is 20.0 Å². The third kappa shape index (κ3) is 1.89. The third-order valence-electron chi connectivity index (χ3n) is 3.39. The maximum atomic E-state index is 9.11. The second-order valence-corrected chi connectivity index (χ2v) is 4.42. The van der Waals surface area contributed by atoms with Crippen LogP contribution in [0.5, 0.6) is 0 Å². The van der Waals surface area contributed by atoms with Crippen LogP contribution in [0, 0.1) is 11.3 Å². The Kier molecular flexibility index (Phi) is 2.81. The van der Waals surface area contributed by atoms with Crippen LogP contribution in [0.4, 0.5) is 0 Å². The first-order valence-corrected chi connectivity index (χ1v) is 6.31. The summed E-state index contributed by atoms with van der Waals surface area (Å²) in [6.07, 6.45) is 5.83. The standard InChI is InChI=1S/C15H14N4/c1-2-18-9-7-17-15(18)11-19-8-6-13-12(10-16)4-3-5-14(13)19/h3-9H,2,11H2,1H3. The fourth-order valence-corrected chi connectivity index (χ4v) is 2.39. The lowest BCUT2D eigenvalue weighted by Gasteiger charge is -2.07. The van der Waals surface area contributed by atoms with Gasteiger partial charge in [-0.05, 0) is 25.1 Å². The van der Waals surface area contributed by atoms with Crippen molar-refractivity contribution in [2.75, 3.05) is 0 Å². The van der Waals surface area contributed by atoms with Crippen LogP contribution >= 0.6 is 0 Å². The highest BCUT2D eigenvalue weighted by atomic mass is 15.1. The highest BCUT2D eigenvalue weighted by molar-refractivity contribution is 5.86. The highest BCUT2D eigenvalue weighted by Gasteiger charge is 2.07. The minimum Gasteiger partial charge on any atom is -0.340 e. The summed E-state index contributed by atoms with van der Waals surface area (Å²) >= 11 is 0. The van der Waals surface area contributed by atoms with Crippen molar-refractivity contribution in [3.05, 3.63) is 54.2 Å². The highest BCUT2D eigenvalue weighted by Crippen LogP contribution is 2.20. The minimum atomic E-state index is 0.718. The predicted octanol–water partition coefficient (Wildman–Crippen LogP) is 2.78. The molecule has 0 aliphatic heterocycles. The average molecular weight is 250 g/mol. The fourth-order valence-electron chi connectivity index (χ4n) is 2.39. The maximum Gasteiger partial charge on any atom is 0.128 e.